The Morgan fingerprint density at radius 1 is 0.658 bits per heavy atom. The van der Waals surface area contributed by atoms with Gasteiger partial charge in [0, 0.05) is 17.7 Å². The topological polar surface area (TPSA) is 12.0 Å². The second-order valence-electron chi connectivity index (χ2n) is 14.7. The van der Waals surface area contributed by atoms with Crippen molar-refractivity contribution in [3.63, 3.8) is 0 Å². The van der Waals surface area contributed by atoms with E-state index in [-0.39, 0.29) is 0 Å². The molecule has 38 heavy (non-hydrogen) atoms. The second-order valence-corrected chi connectivity index (χ2v) is 14.7. The van der Waals surface area contributed by atoms with Crippen molar-refractivity contribution >= 4 is 0 Å². The van der Waals surface area contributed by atoms with E-state index < -0.39 is 0 Å². The SMILES string of the molecule is C1=CC(C2C=C(NC3CCC4C5C=CCCC5C5(C6CCC=CC6C6CCCCC65)C4C3)CCC2)=CCC1. The number of fused-ring (bicyclic) bond motifs is 10. The molecule has 0 bridgehead atoms. The molecule has 11 atom stereocenters. The Kier molecular flexibility index (Phi) is 6.30. The van der Waals surface area contributed by atoms with Crippen molar-refractivity contribution in [2.45, 2.75) is 109 Å². The van der Waals surface area contributed by atoms with Gasteiger partial charge in [-0.15, -0.1) is 0 Å². The van der Waals surface area contributed by atoms with Crippen LogP contribution in [0.1, 0.15) is 103 Å². The van der Waals surface area contributed by atoms with Gasteiger partial charge in [0.1, 0.15) is 0 Å². The summed E-state index contributed by atoms with van der Waals surface area (Å²) in [6.45, 7) is 0. The molecule has 204 valence electrons. The molecule has 1 N–H and O–H groups in total. The van der Waals surface area contributed by atoms with Crippen molar-refractivity contribution in [1.82, 2.24) is 5.32 Å². The monoisotopic (exact) mass is 509 g/mol. The molecule has 0 amide bonds. The Morgan fingerprint density at radius 3 is 2.24 bits per heavy atom. The first-order valence-electron chi connectivity index (χ1n) is 17.0. The normalized spacial score (nSPS) is 49.1. The lowest BCUT2D eigenvalue weighted by Gasteiger charge is -2.52. The Bertz CT molecular complexity index is 1050. The van der Waals surface area contributed by atoms with Crippen LogP contribution in [0, 0.1) is 58.7 Å². The Labute approximate surface area is 232 Å². The molecule has 1 nitrogen and oxygen atoms in total. The predicted octanol–water partition coefficient (Wildman–Crippen LogP) is 9.31. The van der Waals surface area contributed by atoms with Crippen LogP contribution in [0.25, 0.3) is 0 Å². The summed E-state index contributed by atoms with van der Waals surface area (Å²) in [5.41, 5.74) is 3.83. The lowest BCUT2D eigenvalue weighted by atomic mass is 9.53. The largest absolute Gasteiger partial charge is 0.386 e. The first-order valence-corrected chi connectivity index (χ1v) is 17.0. The van der Waals surface area contributed by atoms with E-state index in [1.165, 1.54) is 96.3 Å². The van der Waals surface area contributed by atoms with E-state index in [9.17, 15) is 0 Å². The summed E-state index contributed by atoms with van der Waals surface area (Å²) in [5.74, 6) is 8.37. The summed E-state index contributed by atoms with van der Waals surface area (Å²) in [5, 5.41) is 4.25. The average Bonchev–Trinajstić information content (AvgIpc) is 3.45. The smallest absolute Gasteiger partial charge is 0.0261 e. The number of nitrogens with one attached hydrogen (secondary N) is 1. The van der Waals surface area contributed by atoms with Gasteiger partial charge in [-0.25, -0.2) is 0 Å². The van der Waals surface area contributed by atoms with Crippen LogP contribution in [0.4, 0.5) is 0 Å². The molecule has 0 aromatic heterocycles. The predicted molar refractivity (Wildman–Crippen MR) is 158 cm³/mol. The Morgan fingerprint density at radius 2 is 1.45 bits per heavy atom. The molecule has 0 aromatic carbocycles. The third-order valence-electron chi connectivity index (χ3n) is 13.4. The molecule has 8 aliphatic carbocycles. The summed E-state index contributed by atoms with van der Waals surface area (Å²) in [7, 11) is 0. The molecule has 4 fully saturated rings. The van der Waals surface area contributed by atoms with E-state index in [1.807, 2.05) is 0 Å². The van der Waals surface area contributed by atoms with Gasteiger partial charge in [0.05, 0.1) is 0 Å². The zero-order valence-electron chi connectivity index (χ0n) is 23.7. The van der Waals surface area contributed by atoms with Gasteiger partial charge in [0.2, 0.25) is 0 Å². The van der Waals surface area contributed by atoms with Crippen LogP contribution in [-0.4, -0.2) is 6.04 Å². The molecule has 1 heteroatoms. The lowest BCUT2D eigenvalue weighted by molar-refractivity contribution is -0.0298. The second kappa shape index (κ2) is 9.85. The minimum absolute atomic E-state index is 0.641. The summed E-state index contributed by atoms with van der Waals surface area (Å²) < 4.78 is 0. The average molecular weight is 510 g/mol. The minimum Gasteiger partial charge on any atom is -0.386 e. The van der Waals surface area contributed by atoms with E-state index in [2.05, 4.69) is 53.9 Å². The highest BCUT2D eigenvalue weighted by atomic mass is 14.9. The quantitative estimate of drug-likeness (QED) is 0.374. The van der Waals surface area contributed by atoms with Crippen LogP contribution in [-0.2, 0) is 0 Å². The standard InChI is InChI=1S/C37H51N/c1-2-11-25(12-3-1)26-13-10-14-27(23-26)38-28-21-22-32-31-17-6-9-20-35(31)37(36(32)24-28)33-18-7-4-15-29(33)30-16-5-8-19-34(30)37/h2,4,6,11-12,15,17,23,26,28-36,38H,1,3,5,7-10,13-14,16,18-22,24H2. The molecular weight excluding hydrogens is 458 g/mol. The molecular formula is C37H51N. The summed E-state index contributed by atoms with van der Waals surface area (Å²) in [6, 6.07) is 0.707. The van der Waals surface area contributed by atoms with Crippen LogP contribution in [0.15, 0.2) is 59.9 Å². The first kappa shape index (κ1) is 24.3. The molecule has 4 saturated carbocycles. The van der Waals surface area contributed by atoms with Crippen LogP contribution in [0.2, 0.25) is 0 Å². The van der Waals surface area contributed by atoms with Gasteiger partial charge in [-0.05, 0) is 148 Å². The molecule has 0 aromatic rings. The van der Waals surface area contributed by atoms with Gasteiger partial charge >= 0.3 is 0 Å². The number of hydrogen-bond donors (Lipinski definition) is 1. The van der Waals surface area contributed by atoms with Crippen molar-refractivity contribution in [1.29, 1.82) is 0 Å². The first-order chi connectivity index (χ1) is 18.8. The van der Waals surface area contributed by atoms with Crippen molar-refractivity contribution in [2.75, 3.05) is 0 Å². The Hall–Kier alpha value is -1.50. The van der Waals surface area contributed by atoms with Crippen molar-refractivity contribution in [3.8, 4) is 0 Å². The van der Waals surface area contributed by atoms with Crippen LogP contribution in [0.3, 0.4) is 0 Å². The molecule has 0 heterocycles. The zero-order chi connectivity index (χ0) is 25.1. The van der Waals surface area contributed by atoms with Crippen molar-refractivity contribution < 1.29 is 0 Å². The van der Waals surface area contributed by atoms with Gasteiger partial charge in [-0.3, -0.25) is 0 Å². The fourth-order valence-electron chi connectivity index (χ4n) is 12.5. The highest BCUT2D eigenvalue weighted by Crippen LogP contribution is 2.76. The molecule has 1 spiro atoms. The number of rotatable bonds is 3. The van der Waals surface area contributed by atoms with E-state index in [4.69, 9.17) is 0 Å². The molecule has 8 rings (SSSR count). The summed E-state index contributed by atoms with van der Waals surface area (Å²) >= 11 is 0. The molecule has 0 saturated heterocycles. The maximum Gasteiger partial charge on any atom is 0.0261 e. The van der Waals surface area contributed by atoms with Gasteiger partial charge in [-0.2, -0.15) is 0 Å². The van der Waals surface area contributed by atoms with Gasteiger partial charge in [-0.1, -0.05) is 61.4 Å². The maximum atomic E-state index is 4.25. The van der Waals surface area contributed by atoms with E-state index >= 15 is 0 Å². The van der Waals surface area contributed by atoms with Gasteiger partial charge in [0.15, 0.2) is 0 Å². The zero-order valence-corrected chi connectivity index (χ0v) is 23.7. The third-order valence-corrected chi connectivity index (χ3v) is 13.4. The number of allylic oxidation sites excluding steroid dienone is 10. The molecule has 8 aliphatic rings. The van der Waals surface area contributed by atoms with Crippen LogP contribution >= 0.6 is 0 Å². The molecule has 11 unspecified atom stereocenters. The minimum atomic E-state index is 0.641. The molecule has 0 radical (unpaired) electrons. The lowest BCUT2D eigenvalue weighted by Crippen LogP contribution is -2.48. The highest BCUT2D eigenvalue weighted by molar-refractivity contribution is 5.31. The molecule has 0 aliphatic heterocycles. The summed E-state index contributed by atoms with van der Waals surface area (Å²) in [6.07, 6.45) is 43.3. The summed E-state index contributed by atoms with van der Waals surface area (Å²) in [4.78, 5) is 0. The van der Waals surface area contributed by atoms with E-state index in [0.717, 1.165) is 47.3 Å². The van der Waals surface area contributed by atoms with Gasteiger partial charge < -0.3 is 5.32 Å². The number of hydrogen-bond acceptors (Lipinski definition) is 1. The van der Waals surface area contributed by atoms with Gasteiger partial charge in [0.25, 0.3) is 0 Å². The van der Waals surface area contributed by atoms with Crippen molar-refractivity contribution in [3.05, 3.63) is 59.9 Å². The van der Waals surface area contributed by atoms with Crippen molar-refractivity contribution in [2.24, 2.45) is 58.7 Å². The van der Waals surface area contributed by atoms with E-state index in [0.29, 0.717) is 17.4 Å². The van der Waals surface area contributed by atoms with Crippen LogP contribution in [0.5, 0.6) is 0 Å². The fraction of sp³-hybridized carbons (Fsp3) is 0.730. The van der Waals surface area contributed by atoms with E-state index in [1.54, 1.807) is 17.7 Å². The Balaban J connectivity index is 1.11. The fourth-order valence-corrected chi connectivity index (χ4v) is 12.5. The maximum absolute atomic E-state index is 4.25. The van der Waals surface area contributed by atoms with Crippen LogP contribution < -0.4 is 5.32 Å². The highest BCUT2D eigenvalue weighted by Gasteiger charge is 2.71. The third kappa shape index (κ3) is 3.69.